The summed E-state index contributed by atoms with van der Waals surface area (Å²) in [5.41, 5.74) is 8.01. The molecule has 1 unspecified atom stereocenters. The zero-order chi connectivity index (χ0) is 16.8. The summed E-state index contributed by atoms with van der Waals surface area (Å²) in [7, 11) is 0. The average molecular weight is 406 g/mol. The first-order valence-electron chi connectivity index (χ1n) is 7.64. The fourth-order valence-corrected chi connectivity index (χ4v) is 4.20. The van der Waals surface area contributed by atoms with Gasteiger partial charge in [-0.2, -0.15) is 5.10 Å². The quantitative estimate of drug-likeness (QED) is 0.703. The molecule has 4 rings (SSSR count). The number of hydrogen-bond acceptors (Lipinski definition) is 6. The van der Waals surface area contributed by atoms with Crippen LogP contribution in [0.5, 0.6) is 5.75 Å². The number of rotatable bonds is 2. The van der Waals surface area contributed by atoms with Crippen LogP contribution >= 0.6 is 27.3 Å². The number of thiazole rings is 1. The van der Waals surface area contributed by atoms with Crippen molar-refractivity contribution >= 4 is 27.3 Å². The van der Waals surface area contributed by atoms with E-state index in [1.54, 1.807) is 17.7 Å². The Morgan fingerprint density at radius 3 is 3.04 bits per heavy atom. The van der Waals surface area contributed by atoms with Crippen molar-refractivity contribution in [2.24, 2.45) is 5.73 Å². The molecule has 0 aliphatic carbocycles. The molecule has 2 aromatic heterocycles. The zero-order valence-electron chi connectivity index (χ0n) is 13.2. The van der Waals surface area contributed by atoms with Gasteiger partial charge < -0.3 is 4.74 Å². The molecule has 1 aliphatic heterocycles. The molecule has 0 spiro atoms. The van der Waals surface area contributed by atoms with E-state index in [0.29, 0.717) is 6.42 Å². The van der Waals surface area contributed by atoms with Crippen molar-refractivity contribution in [3.8, 4) is 27.8 Å². The van der Waals surface area contributed by atoms with E-state index < -0.39 is 6.23 Å². The van der Waals surface area contributed by atoms with E-state index in [1.165, 1.54) is 0 Å². The maximum absolute atomic E-state index is 6.13. The first-order chi connectivity index (χ1) is 11.5. The summed E-state index contributed by atoms with van der Waals surface area (Å²) in [6, 6.07) is 6.14. The molecular formula is C16H16BrN5OS. The van der Waals surface area contributed by atoms with Crippen LogP contribution in [0.1, 0.15) is 24.8 Å². The Hall–Kier alpha value is -1.77. The third kappa shape index (κ3) is 2.64. The largest absolute Gasteiger partial charge is 0.474 e. The van der Waals surface area contributed by atoms with E-state index in [9.17, 15) is 0 Å². The van der Waals surface area contributed by atoms with Crippen molar-refractivity contribution in [2.75, 3.05) is 0 Å². The molecule has 0 bridgehead atoms. The predicted molar refractivity (Wildman–Crippen MR) is 97.0 cm³/mol. The van der Waals surface area contributed by atoms with Crippen molar-refractivity contribution in [3.63, 3.8) is 0 Å². The smallest absolute Gasteiger partial charge is 0.187 e. The second-order valence-corrected chi connectivity index (χ2v) is 7.91. The van der Waals surface area contributed by atoms with Gasteiger partial charge in [-0.3, -0.25) is 5.73 Å². The van der Waals surface area contributed by atoms with Crippen LogP contribution in [0.3, 0.4) is 0 Å². The lowest BCUT2D eigenvalue weighted by molar-refractivity contribution is 0.214. The van der Waals surface area contributed by atoms with Gasteiger partial charge in [-0.05, 0) is 32.0 Å². The van der Waals surface area contributed by atoms with Crippen LogP contribution in [0.2, 0.25) is 0 Å². The lowest BCUT2D eigenvalue weighted by atomic mass is 10.1. The van der Waals surface area contributed by atoms with E-state index in [1.807, 2.05) is 22.9 Å². The topological polar surface area (TPSA) is 78.9 Å². The maximum atomic E-state index is 6.13. The molecule has 0 fully saturated rings. The van der Waals surface area contributed by atoms with Crippen LogP contribution in [0.15, 0.2) is 29.0 Å². The minimum Gasteiger partial charge on any atom is -0.474 e. The Labute approximate surface area is 151 Å². The lowest BCUT2D eigenvalue weighted by Gasteiger charge is -2.12. The Balaban J connectivity index is 1.88. The SMILES string of the molecule is CC(C)n1ncnc1-c1nc2c(s1)CC(N)Oc1cc(Br)ccc1-2. The number of ether oxygens (including phenoxy) is 1. The normalized spacial score (nSPS) is 16.5. The second-order valence-electron chi connectivity index (χ2n) is 5.91. The Morgan fingerprint density at radius 2 is 2.25 bits per heavy atom. The number of nitrogens with zero attached hydrogens (tertiary/aromatic N) is 4. The molecule has 0 saturated heterocycles. The van der Waals surface area contributed by atoms with Gasteiger partial charge in [0.25, 0.3) is 0 Å². The Kier molecular flexibility index (Phi) is 3.90. The van der Waals surface area contributed by atoms with Crippen LogP contribution in [-0.2, 0) is 6.42 Å². The van der Waals surface area contributed by atoms with Crippen LogP contribution in [0.4, 0.5) is 0 Å². The first-order valence-corrected chi connectivity index (χ1v) is 9.25. The van der Waals surface area contributed by atoms with E-state index in [-0.39, 0.29) is 6.04 Å². The van der Waals surface area contributed by atoms with Gasteiger partial charge in [-0.15, -0.1) is 11.3 Å². The minimum absolute atomic E-state index is 0.222. The average Bonchev–Trinajstić information content (AvgIpc) is 3.12. The third-order valence-corrected chi connectivity index (χ3v) is 5.38. The number of fused-ring (bicyclic) bond motifs is 3. The monoisotopic (exact) mass is 405 g/mol. The van der Waals surface area contributed by atoms with Gasteiger partial charge in [-0.25, -0.2) is 14.6 Å². The summed E-state index contributed by atoms with van der Waals surface area (Å²) >= 11 is 5.08. The first kappa shape index (κ1) is 15.7. The van der Waals surface area contributed by atoms with Crippen molar-refractivity contribution < 1.29 is 4.74 Å². The second kappa shape index (κ2) is 5.94. The number of benzene rings is 1. The predicted octanol–water partition coefficient (Wildman–Crippen LogP) is 3.63. The van der Waals surface area contributed by atoms with Gasteiger partial charge in [0.05, 0.1) is 5.69 Å². The number of halogens is 1. The van der Waals surface area contributed by atoms with Crippen molar-refractivity contribution in [1.82, 2.24) is 19.7 Å². The molecule has 0 amide bonds. The molecule has 3 aromatic rings. The van der Waals surface area contributed by atoms with E-state index in [0.717, 1.165) is 37.2 Å². The molecular weight excluding hydrogens is 390 g/mol. The van der Waals surface area contributed by atoms with Gasteiger partial charge >= 0.3 is 0 Å². The van der Waals surface area contributed by atoms with Crippen LogP contribution in [-0.4, -0.2) is 26.0 Å². The highest BCUT2D eigenvalue weighted by Gasteiger charge is 2.26. The molecule has 0 saturated carbocycles. The molecule has 1 aromatic carbocycles. The highest BCUT2D eigenvalue weighted by molar-refractivity contribution is 9.10. The van der Waals surface area contributed by atoms with Gasteiger partial charge in [0.1, 0.15) is 12.1 Å². The Morgan fingerprint density at radius 1 is 1.42 bits per heavy atom. The Bertz CT molecular complexity index is 904. The van der Waals surface area contributed by atoms with Crippen LogP contribution in [0, 0.1) is 0 Å². The molecule has 124 valence electrons. The van der Waals surface area contributed by atoms with Crippen molar-refractivity contribution in [1.29, 1.82) is 0 Å². The molecule has 6 nitrogen and oxygen atoms in total. The number of aromatic nitrogens is 4. The lowest BCUT2D eigenvalue weighted by Crippen LogP contribution is -2.28. The highest BCUT2D eigenvalue weighted by Crippen LogP contribution is 2.41. The number of hydrogen-bond donors (Lipinski definition) is 1. The minimum atomic E-state index is -0.393. The van der Waals surface area contributed by atoms with E-state index in [2.05, 4.69) is 39.9 Å². The van der Waals surface area contributed by atoms with Gasteiger partial charge in [0.15, 0.2) is 17.1 Å². The van der Waals surface area contributed by atoms with Crippen LogP contribution < -0.4 is 10.5 Å². The van der Waals surface area contributed by atoms with E-state index >= 15 is 0 Å². The van der Waals surface area contributed by atoms with Crippen molar-refractivity contribution in [3.05, 3.63) is 33.9 Å². The summed E-state index contributed by atoms with van der Waals surface area (Å²) in [6.45, 7) is 4.15. The third-order valence-electron chi connectivity index (χ3n) is 3.81. The standard InChI is InChI=1S/C16H16BrN5OS/c1-8(2)22-15(19-7-20-22)16-21-14-10-4-3-9(17)5-11(10)23-13(18)6-12(14)24-16/h3-5,7-8,13H,6,18H2,1-2H3. The van der Waals surface area contributed by atoms with E-state index in [4.69, 9.17) is 15.5 Å². The molecule has 24 heavy (non-hydrogen) atoms. The highest BCUT2D eigenvalue weighted by atomic mass is 79.9. The molecule has 2 N–H and O–H groups in total. The summed E-state index contributed by atoms with van der Waals surface area (Å²) in [5, 5.41) is 5.16. The molecule has 8 heteroatoms. The maximum Gasteiger partial charge on any atom is 0.187 e. The fraction of sp³-hybridized carbons (Fsp3) is 0.312. The summed E-state index contributed by atoms with van der Waals surface area (Å²) in [6.07, 6.45) is 1.80. The van der Waals surface area contributed by atoms with Crippen LogP contribution in [0.25, 0.3) is 22.1 Å². The van der Waals surface area contributed by atoms with Gasteiger partial charge in [0, 0.05) is 27.4 Å². The van der Waals surface area contributed by atoms with Crippen molar-refractivity contribution in [2.45, 2.75) is 32.5 Å². The number of nitrogens with two attached hydrogens (primary N) is 1. The molecule has 1 atom stereocenters. The fourth-order valence-electron chi connectivity index (χ4n) is 2.75. The molecule has 1 aliphatic rings. The summed E-state index contributed by atoms with van der Waals surface area (Å²) in [5.74, 6) is 1.54. The molecule has 3 heterocycles. The summed E-state index contributed by atoms with van der Waals surface area (Å²) < 4.78 is 8.69. The van der Waals surface area contributed by atoms with Gasteiger partial charge in [0.2, 0.25) is 0 Å². The molecule has 0 radical (unpaired) electrons. The summed E-state index contributed by atoms with van der Waals surface area (Å²) in [4.78, 5) is 10.3. The zero-order valence-corrected chi connectivity index (χ0v) is 15.6. The van der Waals surface area contributed by atoms with Gasteiger partial charge in [-0.1, -0.05) is 15.9 Å².